The van der Waals surface area contributed by atoms with E-state index in [2.05, 4.69) is 0 Å². The monoisotopic (exact) mass is 368 g/mol. The Bertz CT molecular complexity index is 922. The third-order valence-corrected chi connectivity index (χ3v) is 5.94. The lowest BCUT2D eigenvalue weighted by atomic mass is 9.74. The molecule has 1 saturated heterocycles. The van der Waals surface area contributed by atoms with Crippen molar-refractivity contribution in [1.29, 1.82) is 0 Å². The molecule has 2 aliphatic rings. The molecule has 0 unspecified atom stereocenters. The molecular weight excluding hydrogens is 344 g/mol. The zero-order valence-corrected chi connectivity index (χ0v) is 15.4. The first-order chi connectivity index (χ1) is 13.0. The van der Waals surface area contributed by atoms with Crippen LogP contribution in [-0.4, -0.2) is 46.8 Å². The summed E-state index contributed by atoms with van der Waals surface area (Å²) in [5.41, 5.74) is 1.36. The Morgan fingerprint density at radius 1 is 1.26 bits per heavy atom. The Balaban J connectivity index is 1.51. The quantitative estimate of drug-likeness (QED) is 0.889. The molecule has 0 saturated carbocycles. The van der Waals surface area contributed by atoms with Gasteiger partial charge in [-0.1, -0.05) is 24.3 Å². The number of pyridine rings is 1. The fourth-order valence-corrected chi connectivity index (χ4v) is 4.34. The standard InChI is InChI=1S/C21H24N2O4/c1-15-5-4-8-20(26)23(15)10-9-19(25)22-11-17-16-6-2-3-7-18(16)27-14-21(17,12-22)13-24/h2-8,17,24H,9-14H2,1H3/t17-,21-/m1/s1. The van der Waals surface area contributed by atoms with Crippen molar-refractivity contribution in [2.24, 2.45) is 5.41 Å². The topological polar surface area (TPSA) is 71.8 Å². The molecule has 1 N–H and O–H groups in total. The van der Waals surface area contributed by atoms with Crippen LogP contribution in [0.4, 0.5) is 0 Å². The zero-order chi connectivity index (χ0) is 19.0. The Morgan fingerprint density at radius 3 is 2.85 bits per heavy atom. The van der Waals surface area contributed by atoms with Gasteiger partial charge in [-0.3, -0.25) is 9.59 Å². The first-order valence-electron chi connectivity index (χ1n) is 9.31. The Labute approximate surface area is 158 Å². The summed E-state index contributed by atoms with van der Waals surface area (Å²) in [4.78, 5) is 26.7. The number of aliphatic hydroxyl groups is 1. The number of aromatic nitrogens is 1. The number of ether oxygens (including phenoxy) is 1. The molecule has 1 fully saturated rings. The highest BCUT2D eigenvalue weighted by Gasteiger charge is 2.51. The molecule has 1 aromatic heterocycles. The van der Waals surface area contributed by atoms with Crippen LogP contribution in [0.15, 0.2) is 47.3 Å². The van der Waals surface area contributed by atoms with E-state index in [1.54, 1.807) is 10.6 Å². The van der Waals surface area contributed by atoms with Crippen molar-refractivity contribution >= 4 is 5.91 Å². The van der Waals surface area contributed by atoms with Crippen LogP contribution in [0.3, 0.4) is 0 Å². The maximum atomic E-state index is 12.8. The summed E-state index contributed by atoms with van der Waals surface area (Å²) in [6, 6.07) is 13.0. The molecular formula is C21H24N2O4. The number of likely N-dealkylation sites (tertiary alicyclic amines) is 1. The van der Waals surface area contributed by atoms with Crippen LogP contribution in [0.2, 0.25) is 0 Å². The van der Waals surface area contributed by atoms with Crippen molar-refractivity contribution in [2.45, 2.75) is 25.8 Å². The summed E-state index contributed by atoms with van der Waals surface area (Å²) >= 11 is 0. The van der Waals surface area contributed by atoms with Crippen LogP contribution in [0.5, 0.6) is 5.75 Å². The number of carbonyl (C=O) groups excluding carboxylic acids is 1. The van der Waals surface area contributed by atoms with Gasteiger partial charge < -0.3 is 19.3 Å². The third-order valence-electron chi connectivity index (χ3n) is 5.94. The van der Waals surface area contributed by atoms with E-state index in [1.807, 2.05) is 42.2 Å². The number of hydrogen-bond donors (Lipinski definition) is 1. The average molecular weight is 368 g/mol. The maximum Gasteiger partial charge on any atom is 0.250 e. The van der Waals surface area contributed by atoms with E-state index in [9.17, 15) is 14.7 Å². The highest BCUT2D eigenvalue weighted by molar-refractivity contribution is 5.77. The second-order valence-electron chi connectivity index (χ2n) is 7.58. The van der Waals surface area contributed by atoms with E-state index in [0.717, 1.165) is 17.0 Å². The number of fused-ring (bicyclic) bond motifs is 3. The van der Waals surface area contributed by atoms with Gasteiger partial charge in [-0.2, -0.15) is 0 Å². The maximum absolute atomic E-state index is 12.8. The first-order valence-corrected chi connectivity index (χ1v) is 9.31. The number of nitrogens with zero attached hydrogens (tertiary/aromatic N) is 2. The van der Waals surface area contributed by atoms with Crippen molar-refractivity contribution < 1.29 is 14.6 Å². The van der Waals surface area contributed by atoms with Gasteiger partial charge >= 0.3 is 0 Å². The molecule has 6 heteroatoms. The minimum absolute atomic E-state index is 0.00450. The molecule has 3 heterocycles. The van der Waals surface area contributed by atoms with E-state index >= 15 is 0 Å². The number of aryl methyl sites for hydroxylation is 1. The molecule has 0 aliphatic carbocycles. The normalized spacial score (nSPS) is 23.5. The van der Waals surface area contributed by atoms with Gasteiger partial charge in [0.2, 0.25) is 5.91 Å². The van der Waals surface area contributed by atoms with Gasteiger partial charge in [0.25, 0.3) is 5.56 Å². The lowest BCUT2D eigenvalue weighted by Gasteiger charge is -2.37. The van der Waals surface area contributed by atoms with E-state index in [1.165, 1.54) is 6.07 Å². The van der Waals surface area contributed by atoms with Gasteiger partial charge in [-0.25, -0.2) is 0 Å². The van der Waals surface area contributed by atoms with Gasteiger partial charge in [0, 0.05) is 43.7 Å². The number of hydrogen-bond acceptors (Lipinski definition) is 4. The highest BCUT2D eigenvalue weighted by Crippen LogP contribution is 2.49. The SMILES string of the molecule is Cc1cccc(=O)n1CCC(=O)N1C[C@@H]2c3ccccc3OC[C@]2(CO)C1. The number of amides is 1. The average Bonchev–Trinajstić information content (AvgIpc) is 3.08. The van der Waals surface area contributed by atoms with Crippen molar-refractivity contribution in [3.05, 3.63) is 64.1 Å². The Hall–Kier alpha value is -2.60. The van der Waals surface area contributed by atoms with Crippen LogP contribution in [0.25, 0.3) is 0 Å². The van der Waals surface area contributed by atoms with E-state index in [4.69, 9.17) is 4.74 Å². The Kier molecular flexibility index (Phi) is 4.52. The predicted octanol–water partition coefficient (Wildman–Crippen LogP) is 1.54. The van der Waals surface area contributed by atoms with E-state index in [0.29, 0.717) is 26.2 Å². The van der Waals surface area contributed by atoms with E-state index < -0.39 is 5.41 Å². The molecule has 0 spiro atoms. The zero-order valence-electron chi connectivity index (χ0n) is 15.4. The lowest BCUT2D eigenvalue weighted by Crippen LogP contribution is -2.42. The molecule has 2 aliphatic heterocycles. The number of benzene rings is 1. The number of rotatable bonds is 4. The lowest BCUT2D eigenvalue weighted by molar-refractivity contribution is -0.131. The molecule has 2 atom stereocenters. The highest BCUT2D eigenvalue weighted by atomic mass is 16.5. The van der Waals surface area contributed by atoms with Crippen LogP contribution < -0.4 is 10.3 Å². The molecule has 4 rings (SSSR count). The molecule has 2 aromatic rings. The minimum Gasteiger partial charge on any atom is -0.493 e. The summed E-state index contributed by atoms with van der Waals surface area (Å²) in [6.45, 7) is 3.67. The van der Waals surface area contributed by atoms with Gasteiger partial charge in [-0.05, 0) is 24.6 Å². The summed E-state index contributed by atoms with van der Waals surface area (Å²) in [5, 5.41) is 10.1. The summed E-state index contributed by atoms with van der Waals surface area (Å²) in [5.74, 6) is 0.912. The van der Waals surface area contributed by atoms with Crippen LogP contribution in [0, 0.1) is 12.3 Å². The molecule has 142 valence electrons. The van der Waals surface area contributed by atoms with Crippen molar-refractivity contribution in [3.8, 4) is 5.75 Å². The van der Waals surface area contributed by atoms with Gasteiger partial charge in [0.05, 0.1) is 18.6 Å². The van der Waals surface area contributed by atoms with Crippen molar-refractivity contribution in [3.63, 3.8) is 0 Å². The molecule has 0 bridgehead atoms. The van der Waals surface area contributed by atoms with Crippen molar-refractivity contribution in [2.75, 3.05) is 26.3 Å². The van der Waals surface area contributed by atoms with Crippen LogP contribution >= 0.6 is 0 Å². The minimum atomic E-state index is -0.455. The molecule has 1 aromatic carbocycles. The predicted molar refractivity (Wildman–Crippen MR) is 101 cm³/mol. The second-order valence-corrected chi connectivity index (χ2v) is 7.58. The van der Waals surface area contributed by atoms with Crippen LogP contribution in [-0.2, 0) is 11.3 Å². The van der Waals surface area contributed by atoms with Crippen molar-refractivity contribution in [1.82, 2.24) is 9.47 Å². The summed E-state index contributed by atoms with van der Waals surface area (Å²) in [6.07, 6.45) is 0.265. The van der Waals surface area contributed by atoms with Crippen LogP contribution in [0.1, 0.15) is 23.6 Å². The van der Waals surface area contributed by atoms with Gasteiger partial charge in [-0.15, -0.1) is 0 Å². The third kappa shape index (κ3) is 3.04. The number of para-hydroxylation sites is 1. The summed E-state index contributed by atoms with van der Waals surface area (Å²) < 4.78 is 7.50. The molecule has 0 radical (unpaired) electrons. The van der Waals surface area contributed by atoms with E-state index in [-0.39, 0.29) is 30.4 Å². The fraction of sp³-hybridized carbons (Fsp3) is 0.429. The molecule has 27 heavy (non-hydrogen) atoms. The summed E-state index contributed by atoms with van der Waals surface area (Å²) in [7, 11) is 0. The fourth-order valence-electron chi connectivity index (χ4n) is 4.34. The largest absolute Gasteiger partial charge is 0.493 e. The first kappa shape index (κ1) is 17.8. The van der Waals surface area contributed by atoms with Gasteiger partial charge in [0.15, 0.2) is 0 Å². The van der Waals surface area contributed by atoms with Gasteiger partial charge in [0.1, 0.15) is 5.75 Å². The number of aliphatic hydroxyl groups excluding tert-OH is 1. The molecule has 1 amide bonds. The molecule has 6 nitrogen and oxygen atoms in total. The second kappa shape index (κ2) is 6.85. The number of carbonyl (C=O) groups is 1. The Morgan fingerprint density at radius 2 is 2.07 bits per heavy atom. The smallest absolute Gasteiger partial charge is 0.250 e.